The molecular formula is C16H14O3. The molecular weight excluding hydrogens is 240 g/mol. The van der Waals surface area contributed by atoms with E-state index < -0.39 is 0 Å². The lowest BCUT2D eigenvalue weighted by Gasteiger charge is -2.09. The maximum Gasteiger partial charge on any atom is 0.200 e. The first kappa shape index (κ1) is 11.8. The third kappa shape index (κ3) is 1.78. The fourth-order valence-corrected chi connectivity index (χ4v) is 2.34. The molecule has 19 heavy (non-hydrogen) atoms. The lowest BCUT2D eigenvalue weighted by Crippen LogP contribution is -2.05. The number of hydrogen-bond acceptors (Lipinski definition) is 3. The number of fused-ring (bicyclic) bond motifs is 2. The smallest absolute Gasteiger partial charge is 0.200 e. The summed E-state index contributed by atoms with van der Waals surface area (Å²) in [7, 11) is 0. The molecule has 0 bridgehead atoms. The summed E-state index contributed by atoms with van der Waals surface area (Å²) in [6.45, 7) is 4.39. The van der Waals surface area contributed by atoms with Gasteiger partial charge in [-0.1, -0.05) is 12.1 Å². The van der Waals surface area contributed by atoms with Crippen molar-refractivity contribution in [3.05, 3.63) is 52.2 Å². The number of hydrogen-bond donors (Lipinski definition) is 0. The van der Waals surface area contributed by atoms with Crippen molar-refractivity contribution in [1.29, 1.82) is 0 Å². The van der Waals surface area contributed by atoms with Crippen LogP contribution in [0.4, 0.5) is 0 Å². The van der Waals surface area contributed by atoms with Crippen LogP contribution in [0.5, 0.6) is 5.75 Å². The van der Waals surface area contributed by atoms with Crippen molar-refractivity contribution >= 4 is 21.9 Å². The largest absolute Gasteiger partial charge is 0.494 e. The van der Waals surface area contributed by atoms with Crippen molar-refractivity contribution in [2.45, 2.75) is 13.8 Å². The van der Waals surface area contributed by atoms with Crippen molar-refractivity contribution < 1.29 is 9.15 Å². The first-order valence-electron chi connectivity index (χ1n) is 6.30. The van der Waals surface area contributed by atoms with Crippen molar-refractivity contribution in [2.24, 2.45) is 0 Å². The van der Waals surface area contributed by atoms with Crippen LogP contribution in [-0.2, 0) is 0 Å². The van der Waals surface area contributed by atoms with Gasteiger partial charge in [-0.2, -0.15) is 0 Å². The van der Waals surface area contributed by atoms with Gasteiger partial charge in [0.15, 0.2) is 0 Å². The van der Waals surface area contributed by atoms with Gasteiger partial charge in [0, 0.05) is 5.56 Å². The lowest BCUT2D eigenvalue weighted by molar-refractivity contribution is 0.338. The van der Waals surface area contributed by atoms with Crippen LogP contribution >= 0.6 is 0 Å². The van der Waals surface area contributed by atoms with Gasteiger partial charge < -0.3 is 9.15 Å². The van der Waals surface area contributed by atoms with Gasteiger partial charge in [-0.15, -0.1) is 0 Å². The maximum absolute atomic E-state index is 12.5. The van der Waals surface area contributed by atoms with E-state index in [1.807, 2.05) is 38.1 Å². The molecule has 0 amide bonds. The Kier molecular flexibility index (Phi) is 2.75. The molecule has 3 aromatic rings. The Morgan fingerprint density at radius 1 is 1.11 bits per heavy atom. The molecule has 0 radical (unpaired) electrons. The van der Waals surface area contributed by atoms with E-state index in [9.17, 15) is 4.79 Å². The molecule has 3 nitrogen and oxygen atoms in total. The second kappa shape index (κ2) is 4.43. The van der Waals surface area contributed by atoms with Crippen LogP contribution in [-0.4, -0.2) is 6.61 Å². The van der Waals surface area contributed by atoms with Gasteiger partial charge in [-0.3, -0.25) is 4.79 Å². The third-order valence-electron chi connectivity index (χ3n) is 3.26. The molecule has 0 spiro atoms. The molecule has 96 valence electrons. The molecule has 3 heteroatoms. The molecule has 0 N–H and O–H groups in total. The number of aryl methyl sites for hydroxylation is 1. The Morgan fingerprint density at radius 3 is 2.68 bits per heavy atom. The molecule has 0 saturated carbocycles. The third-order valence-corrected chi connectivity index (χ3v) is 3.26. The molecule has 2 aromatic carbocycles. The summed E-state index contributed by atoms with van der Waals surface area (Å²) in [5, 5.41) is 1.20. The second-order valence-electron chi connectivity index (χ2n) is 4.42. The van der Waals surface area contributed by atoms with Gasteiger partial charge in [0.1, 0.15) is 16.9 Å². The normalized spacial score (nSPS) is 11.1. The highest BCUT2D eigenvalue weighted by Gasteiger charge is 2.12. The minimum Gasteiger partial charge on any atom is -0.494 e. The maximum atomic E-state index is 12.5. The molecule has 3 rings (SSSR count). The van der Waals surface area contributed by atoms with Crippen molar-refractivity contribution in [2.75, 3.05) is 6.61 Å². The number of ether oxygens (including phenoxy) is 1. The van der Waals surface area contributed by atoms with E-state index in [4.69, 9.17) is 9.15 Å². The lowest BCUT2D eigenvalue weighted by atomic mass is 10.1. The van der Waals surface area contributed by atoms with Crippen LogP contribution in [0, 0.1) is 6.92 Å². The van der Waals surface area contributed by atoms with E-state index in [1.54, 1.807) is 12.1 Å². The SMILES string of the molecule is CCOc1ccc2oc3ccccc3c(=O)c2c1C. The molecule has 0 aliphatic carbocycles. The molecule has 0 saturated heterocycles. The van der Waals surface area contributed by atoms with Crippen molar-refractivity contribution in [3.8, 4) is 5.75 Å². The molecule has 0 atom stereocenters. The standard InChI is InChI=1S/C16H14O3/c1-3-18-12-8-9-14-15(10(12)2)16(17)11-6-4-5-7-13(11)19-14/h4-9H,3H2,1-2H3. The average molecular weight is 254 g/mol. The zero-order valence-corrected chi connectivity index (χ0v) is 10.9. The zero-order chi connectivity index (χ0) is 13.4. The summed E-state index contributed by atoms with van der Waals surface area (Å²) in [5.74, 6) is 0.734. The van der Waals surface area contributed by atoms with Crippen molar-refractivity contribution in [1.82, 2.24) is 0 Å². The van der Waals surface area contributed by atoms with Crippen LogP contribution in [0.1, 0.15) is 12.5 Å². The van der Waals surface area contributed by atoms with Crippen LogP contribution in [0.25, 0.3) is 21.9 Å². The van der Waals surface area contributed by atoms with E-state index in [2.05, 4.69) is 0 Å². The molecule has 1 aromatic heterocycles. The molecule has 0 fully saturated rings. The first-order valence-corrected chi connectivity index (χ1v) is 6.30. The Hall–Kier alpha value is -2.29. The topological polar surface area (TPSA) is 39.4 Å². The van der Waals surface area contributed by atoms with Crippen LogP contribution < -0.4 is 10.2 Å². The molecule has 0 aliphatic rings. The Bertz CT molecular complexity index is 815. The first-order chi connectivity index (χ1) is 9.22. The highest BCUT2D eigenvalue weighted by molar-refractivity contribution is 5.92. The monoisotopic (exact) mass is 254 g/mol. The van der Waals surface area contributed by atoms with Crippen LogP contribution in [0.15, 0.2) is 45.6 Å². The minimum atomic E-state index is -0.00379. The highest BCUT2D eigenvalue weighted by Crippen LogP contribution is 2.27. The fraction of sp³-hybridized carbons (Fsp3) is 0.188. The summed E-state index contributed by atoms with van der Waals surface area (Å²) < 4.78 is 11.3. The summed E-state index contributed by atoms with van der Waals surface area (Å²) in [6.07, 6.45) is 0. The second-order valence-corrected chi connectivity index (χ2v) is 4.42. The number of rotatable bonds is 2. The van der Waals surface area contributed by atoms with Crippen LogP contribution in [0.2, 0.25) is 0 Å². The highest BCUT2D eigenvalue weighted by atomic mass is 16.5. The zero-order valence-electron chi connectivity index (χ0n) is 10.9. The van der Waals surface area contributed by atoms with Gasteiger partial charge in [-0.25, -0.2) is 0 Å². The Morgan fingerprint density at radius 2 is 1.89 bits per heavy atom. The van der Waals surface area contributed by atoms with E-state index in [-0.39, 0.29) is 5.43 Å². The van der Waals surface area contributed by atoms with Gasteiger partial charge in [0.05, 0.1) is 17.4 Å². The summed E-state index contributed by atoms with van der Waals surface area (Å²) >= 11 is 0. The Balaban J connectivity index is 2.46. The number of para-hydroxylation sites is 1. The van der Waals surface area contributed by atoms with E-state index in [1.165, 1.54) is 0 Å². The van der Waals surface area contributed by atoms with E-state index in [0.717, 1.165) is 11.3 Å². The van der Waals surface area contributed by atoms with Gasteiger partial charge in [0.2, 0.25) is 5.43 Å². The van der Waals surface area contributed by atoms with Gasteiger partial charge in [-0.05, 0) is 38.1 Å². The summed E-state index contributed by atoms with van der Waals surface area (Å²) in [4.78, 5) is 12.5. The summed E-state index contributed by atoms with van der Waals surface area (Å²) in [5.41, 5.74) is 2.04. The van der Waals surface area contributed by atoms with Crippen LogP contribution in [0.3, 0.4) is 0 Å². The van der Waals surface area contributed by atoms with E-state index in [0.29, 0.717) is 28.5 Å². The predicted octanol–water partition coefficient (Wildman–Crippen LogP) is 3.65. The van der Waals surface area contributed by atoms with Gasteiger partial charge >= 0.3 is 0 Å². The molecule has 0 unspecified atom stereocenters. The quantitative estimate of drug-likeness (QED) is 0.655. The fourth-order valence-electron chi connectivity index (χ4n) is 2.34. The van der Waals surface area contributed by atoms with Crippen molar-refractivity contribution in [3.63, 3.8) is 0 Å². The molecule has 1 heterocycles. The van der Waals surface area contributed by atoms with E-state index >= 15 is 0 Å². The predicted molar refractivity (Wildman–Crippen MR) is 75.9 cm³/mol. The minimum absolute atomic E-state index is 0.00379. The Labute approximate surface area is 110 Å². The summed E-state index contributed by atoms with van der Waals surface area (Å²) in [6, 6.07) is 10.9. The van der Waals surface area contributed by atoms with Gasteiger partial charge in [0.25, 0.3) is 0 Å². The number of benzene rings is 2. The molecule has 0 aliphatic heterocycles. The average Bonchev–Trinajstić information content (AvgIpc) is 2.42.